The normalized spacial score (nSPS) is 18.8. The van der Waals surface area contributed by atoms with Gasteiger partial charge in [-0.1, -0.05) is 44.9 Å². The predicted molar refractivity (Wildman–Crippen MR) is 126 cm³/mol. The Morgan fingerprint density at radius 3 is 2.64 bits per heavy atom. The minimum absolute atomic E-state index is 0.110. The van der Waals surface area contributed by atoms with Crippen LogP contribution in [-0.4, -0.2) is 54.2 Å². The van der Waals surface area contributed by atoms with Crippen molar-refractivity contribution < 1.29 is 19.2 Å². The number of para-hydroxylation sites is 1. The molecule has 9 nitrogen and oxygen atoms in total. The van der Waals surface area contributed by atoms with Gasteiger partial charge in [-0.05, 0) is 36.9 Å². The molecule has 33 heavy (non-hydrogen) atoms. The molecule has 3 rings (SSSR count). The van der Waals surface area contributed by atoms with Crippen molar-refractivity contribution in [2.45, 2.75) is 64.1 Å². The van der Waals surface area contributed by atoms with Gasteiger partial charge in [0.05, 0.1) is 11.6 Å². The minimum atomic E-state index is -0.926. The van der Waals surface area contributed by atoms with Crippen LogP contribution in [0.25, 0.3) is 10.9 Å². The molecule has 1 unspecified atom stereocenters. The highest BCUT2D eigenvalue weighted by molar-refractivity contribution is 5.93. The maximum atomic E-state index is 13.2. The van der Waals surface area contributed by atoms with Gasteiger partial charge in [0.15, 0.2) is 0 Å². The Kier molecular flexibility index (Phi) is 8.32. The lowest BCUT2D eigenvalue weighted by Crippen LogP contribution is -2.58. The highest BCUT2D eigenvalue weighted by Crippen LogP contribution is 2.22. The summed E-state index contributed by atoms with van der Waals surface area (Å²) in [6, 6.07) is 5.66. The SMILES string of the molecule is CCC(C)[C@H](NC(=O)[C@@H]1CCCCN1)C(=O)N[C@@H](Cc1cn(OC)c2ccccc12)C(N)=O. The summed E-state index contributed by atoms with van der Waals surface area (Å²) in [6.45, 7) is 4.66. The number of aromatic nitrogens is 1. The number of piperidine rings is 1. The molecule has 0 radical (unpaired) electrons. The van der Waals surface area contributed by atoms with Crippen LogP contribution in [0.4, 0.5) is 0 Å². The van der Waals surface area contributed by atoms with Crippen LogP contribution in [0, 0.1) is 5.92 Å². The summed E-state index contributed by atoms with van der Waals surface area (Å²) in [5.41, 5.74) is 7.34. The van der Waals surface area contributed by atoms with Crippen LogP contribution < -0.4 is 26.5 Å². The summed E-state index contributed by atoms with van der Waals surface area (Å²) in [5.74, 6) is -1.34. The summed E-state index contributed by atoms with van der Waals surface area (Å²) < 4.78 is 1.61. The Morgan fingerprint density at radius 2 is 2.00 bits per heavy atom. The van der Waals surface area contributed by atoms with Gasteiger partial charge in [-0.2, -0.15) is 4.73 Å². The Labute approximate surface area is 194 Å². The first-order valence-electron chi connectivity index (χ1n) is 11.6. The zero-order chi connectivity index (χ0) is 24.0. The molecule has 1 aliphatic heterocycles. The van der Waals surface area contributed by atoms with Crippen molar-refractivity contribution in [1.29, 1.82) is 0 Å². The molecule has 0 spiro atoms. The third-order valence-corrected chi connectivity index (χ3v) is 6.46. The molecule has 1 aromatic heterocycles. The van der Waals surface area contributed by atoms with E-state index in [2.05, 4.69) is 16.0 Å². The maximum Gasteiger partial charge on any atom is 0.243 e. The quantitative estimate of drug-likeness (QED) is 0.421. The Balaban J connectivity index is 1.76. The van der Waals surface area contributed by atoms with E-state index in [1.54, 1.807) is 18.0 Å². The molecule has 0 saturated carbocycles. The molecular formula is C24H35N5O4. The van der Waals surface area contributed by atoms with Crippen molar-refractivity contribution in [2.24, 2.45) is 11.7 Å². The van der Waals surface area contributed by atoms with Crippen molar-refractivity contribution in [3.05, 3.63) is 36.0 Å². The lowest BCUT2D eigenvalue weighted by atomic mass is 9.96. The fourth-order valence-electron chi connectivity index (χ4n) is 4.27. The molecule has 1 fully saturated rings. The van der Waals surface area contributed by atoms with Crippen LogP contribution in [0.5, 0.6) is 0 Å². The van der Waals surface area contributed by atoms with Gasteiger partial charge in [0.1, 0.15) is 19.2 Å². The van der Waals surface area contributed by atoms with Crippen molar-refractivity contribution in [1.82, 2.24) is 20.7 Å². The fraction of sp³-hybridized carbons (Fsp3) is 0.542. The van der Waals surface area contributed by atoms with Crippen molar-refractivity contribution >= 4 is 28.6 Å². The second kappa shape index (κ2) is 11.2. The van der Waals surface area contributed by atoms with Crippen molar-refractivity contribution in [2.75, 3.05) is 13.7 Å². The number of hydrogen-bond acceptors (Lipinski definition) is 5. The average Bonchev–Trinajstić information content (AvgIpc) is 3.19. The molecule has 1 saturated heterocycles. The maximum absolute atomic E-state index is 13.2. The average molecular weight is 458 g/mol. The second-order valence-corrected chi connectivity index (χ2v) is 8.72. The van der Waals surface area contributed by atoms with E-state index in [0.717, 1.165) is 42.3 Å². The van der Waals surface area contributed by atoms with Crippen LogP contribution >= 0.6 is 0 Å². The van der Waals surface area contributed by atoms with Gasteiger partial charge in [-0.3, -0.25) is 14.4 Å². The first-order valence-corrected chi connectivity index (χ1v) is 11.6. The number of amides is 3. The zero-order valence-corrected chi connectivity index (χ0v) is 19.6. The Hall–Kier alpha value is -3.07. The minimum Gasteiger partial charge on any atom is -0.417 e. The van der Waals surface area contributed by atoms with Crippen LogP contribution in [0.3, 0.4) is 0 Å². The number of rotatable bonds is 10. The van der Waals surface area contributed by atoms with Crippen LogP contribution in [0.1, 0.15) is 45.1 Å². The van der Waals surface area contributed by atoms with Gasteiger partial charge >= 0.3 is 0 Å². The first-order chi connectivity index (χ1) is 15.8. The standard InChI is InChI=1S/C24H35N5O4/c1-4-15(2)21(28-23(31)18-10-7-8-12-26-18)24(32)27-19(22(25)30)13-16-14-29(33-3)20-11-6-5-9-17(16)20/h5-6,9,11,14-15,18-19,21,26H,4,7-8,10,12-13H2,1-3H3,(H2,25,30)(H,27,32)(H,28,31)/t15?,18-,19-,21-/m0/s1. The summed E-state index contributed by atoms with van der Waals surface area (Å²) in [4.78, 5) is 43.6. The summed E-state index contributed by atoms with van der Waals surface area (Å²) in [7, 11) is 1.56. The number of nitrogens with two attached hydrogens (primary N) is 1. The largest absolute Gasteiger partial charge is 0.417 e. The number of nitrogens with one attached hydrogen (secondary N) is 3. The molecule has 9 heteroatoms. The fourth-order valence-corrected chi connectivity index (χ4v) is 4.27. The monoisotopic (exact) mass is 457 g/mol. The highest BCUT2D eigenvalue weighted by Gasteiger charge is 2.32. The predicted octanol–water partition coefficient (Wildman–Crippen LogP) is 0.885. The van der Waals surface area contributed by atoms with Crippen LogP contribution in [-0.2, 0) is 20.8 Å². The van der Waals surface area contributed by atoms with Crippen molar-refractivity contribution in [3.8, 4) is 0 Å². The number of hydrogen-bond donors (Lipinski definition) is 4. The van der Waals surface area contributed by atoms with Crippen LogP contribution in [0.15, 0.2) is 30.5 Å². The number of fused-ring (bicyclic) bond motifs is 1. The highest BCUT2D eigenvalue weighted by atomic mass is 16.6. The number of carbonyl (C=O) groups is 3. The van der Waals surface area contributed by atoms with E-state index in [9.17, 15) is 14.4 Å². The molecule has 0 bridgehead atoms. The summed E-state index contributed by atoms with van der Waals surface area (Å²) in [5, 5.41) is 9.80. The van der Waals surface area contributed by atoms with Gasteiger partial charge in [-0.25, -0.2) is 0 Å². The summed E-state index contributed by atoms with van der Waals surface area (Å²) in [6.07, 6.45) is 5.45. The number of nitrogens with zero attached hydrogens (tertiary/aromatic N) is 1. The molecule has 1 aliphatic rings. The Morgan fingerprint density at radius 1 is 1.24 bits per heavy atom. The van der Waals surface area contributed by atoms with Gasteiger partial charge < -0.3 is 26.5 Å². The summed E-state index contributed by atoms with van der Waals surface area (Å²) >= 11 is 0. The van der Waals surface area contributed by atoms with E-state index in [4.69, 9.17) is 10.6 Å². The topological polar surface area (TPSA) is 127 Å². The van der Waals surface area contributed by atoms with Crippen molar-refractivity contribution in [3.63, 3.8) is 0 Å². The molecule has 1 aromatic carbocycles. The zero-order valence-electron chi connectivity index (χ0n) is 19.6. The van der Waals surface area contributed by atoms with Gasteiger partial charge in [-0.15, -0.1) is 0 Å². The molecule has 4 atom stereocenters. The number of benzene rings is 1. The van der Waals surface area contributed by atoms with E-state index in [0.29, 0.717) is 6.42 Å². The second-order valence-electron chi connectivity index (χ2n) is 8.72. The first kappa shape index (κ1) is 24.6. The third-order valence-electron chi connectivity index (χ3n) is 6.46. The molecule has 3 amide bonds. The van der Waals surface area contributed by atoms with E-state index in [-0.39, 0.29) is 24.3 Å². The molecule has 0 aliphatic carbocycles. The Bertz CT molecular complexity index is 982. The third kappa shape index (κ3) is 5.84. The smallest absolute Gasteiger partial charge is 0.243 e. The molecular weight excluding hydrogens is 422 g/mol. The lowest BCUT2D eigenvalue weighted by Gasteiger charge is -2.29. The number of carbonyl (C=O) groups excluding carboxylic acids is 3. The van der Waals surface area contributed by atoms with E-state index in [1.807, 2.05) is 38.1 Å². The van der Waals surface area contributed by atoms with Gasteiger partial charge in [0, 0.05) is 18.0 Å². The van der Waals surface area contributed by atoms with E-state index in [1.165, 1.54) is 0 Å². The molecule has 2 heterocycles. The van der Waals surface area contributed by atoms with Gasteiger partial charge in [0.25, 0.3) is 0 Å². The molecule has 2 aromatic rings. The number of primary amides is 1. The van der Waals surface area contributed by atoms with Crippen LogP contribution in [0.2, 0.25) is 0 Å². The molecule has 5 N–H and O–H groups in total. The lowest BCUT2D eigenvalue weighted by molar-refractivity contribution is -0.133. The van der Waals surface area contributed by atoms with E-state index < -0.39 is 23.9 Å². The van der Waals surface area contributed by atoms with Gasteiger partial charge in [0.2, 0.25) is 17.7 Å². The van der Waals surface area contributed by atoms with E-state index >= 15 is 0 Å². The molecule has 180 valence electrons.